The molecular weight excluding hydrogens is 252 g/mol. The van der Waals surface area contributed by atoms with E-state index in [0.717, 1.165) is 31.7 Å². The van der Waals surface area contributed by atoms with E-state index in [1.807, 2.05) is 6.92 Å². The van der Waals surface area contributed by atoms with Gasteiger partial charge in [-0.15, -0.1) is 0 Å². The quantitative estimate of drug-likeness (QED) is 0.813. The van der Waals surface area contributed by atoms with Gasteiger partial charge in [-0.05, 0) is 64.5 Å². The number of hydrogen-bond acceptors (Lipinski definition) is 3. The van der Waals surface area contributed by atoms with Crippen molar-refractivity contribution in [3.8, 4) is 0 Å². The van der Waals surface area contributed by atoms with Crippen LogP contribution in [0, 0.1) is 5.92 Å². The highest BCUT2D eigenvalue weighted by atomic mass is 16.4. The Hall–Kier alpha value is -0.610. The third-order valence-corrected chi connectivity index (χ3v) is 5.55. The van der Waals surface area contributed by atoms with Gasteiger partial charge >= 0.3 is 5.97 Å². The van der Waals surface area contributed by atoms with Gasteiger partial charge in [-0.2, -0.15) is 0 Å². The van der Waals surface area contributed by atoms with Gasteiger partial charge in [0.2, 0.25) is 0 Å². The van der Waals surface area contributed by atoms with Gasteiger partial charge in [-0.25, -0.2) is 0 Å². The van der Waals surface area contributed by atoms with Crippen LogP contribution in [0.25, 0.3) is 0 Å². The van der Waals surface area contributed by atoms with Crippen LogP contribution in [-0.2, 0) is 4.79 Å². The number of likely N-dealkylation sites (N-methyl/N-ethyl adjacent to an activating group) is 1. The Bertz CT molecular complexity index is 339. The molecule has 0 bridgehead atoms. The van der Waals surface area contributed by atoms with Crippen molar-refractivity contribution in [1.82, 2.24) is 10.2 Å². The molecule has 0 aromatic carbocycles. The normalized spacial score (nSPS) is 38.3. The predicted octanol–water partition coefficient (Wildman–Crippen LogP) is 2.48. The number of nitrogens with one attached hydrogen (secondary N) is 1. The summed E-state index contributed by atoms with van der Waals surface area (Å²) in [5.41, 5.74) is -0.685. The fraction of sp³-hybridized carbons (Fsp3) is 0.938. The molecule has 116 valence electrons. The first-order valence-corrected chi connectivity index (χ1v) is 8.19. The molecule has 2 saturated carbocycles. The fourth-order valence-electron chi connectivity index (χ4n) is 4.08. The first-order valence-electron chi connectivity index (χ1n) is 8.19. The number of rotatable bonds is 5. The van der Waals surface area contributed by atoms with E-state index in [2.05, 4.69) is 24.2 Å². The fourth-order valence-corrected chi connectivity index (χ4v) is 4.08. The third kappa shape index (κ3) is 3.17. The SMILES string of the molecule is CCNC1(C(=O)O)CCC(N(C)C2CCC(C)CC2)C1. The summed E-state index contributed by atoms with van der Waals surface area (Å²) in [7, 11) is 2.20. The van der Waals surface area contributed by atoms with Gasteiger partial charge in [0, 0.05) is 12.1 Å². The van der Waals surface area contributed by atoms with Crippen molar-refractivity contribution in [3.05, 3.63) is 0 Å². The Morgan fingerprint density at radius 1 is 1.25 bits per heavy atom. The zero-order chi connectivity index (χ0) is 14.8. The molecule has 4 heteroatoms. The lowest BCUT2D eigenvalue weighted by molar-refractivity contribution is -0.144. The van der Waals surface area contributed by atoms with Crippen molar-refractivity contribution < 1.29 is 9.90 Å². The summed E-state index contributed by atoms with van der Waals surface area (Å²) in [6.45, 7) is 5.06. The van der Waals surface area contributed by atoms with E-state index in [0.29, 0.717) is 12.1 Å². The van der Waals surface area contributed by atoms with Crippen molar-refractivity contribution in [2.24, 2.45) is 5.92 Å². The molecule has 0 amide bonds. The zero-order valence-corrected chi connectivity index (χ0v) is 13.2. The second kappa shape index (κ2) is 6.44. The van der Waals surface area contributed by atoms with E-state index < -0.39 is 11.5 Å². The molecule has 2 aliphatic rings. The highest BCUT2D eigenvalue weighted by molar-refractivity contribution is 5.79. The topological polar surface area (TPSA) is 52.6 Å². The summed E-state index contributed by atoms with van der Waals surface area (Å²) < 4.78 is 0. The average molecular weight is 282 g/mol. The lowest BCUT2D eigenvalue weighted by atomic mass is 9.86. The first-order chi connectivity index (χ1) is 9.48. The van der Waals surface area contributed by atoms with Crippen LogP contribution in [0.2, 0.25) is 0 Å². The van der Waals surface area contributed by atoms with Gasteiger partial charge in [0.05, 0.1) is 0 Å². The van der Waals surface area contributed by atoms with Crippen molar-refractivity contribution in [3.63, 3.8) is 0 Å². The van der Waals surface area contributed by atoms with Crippen LogP contribution in [0.15, 0.2) is 0 Å². The Morgan fingerprint density at radius 2 is 1.90 bits per heavy atom. The number of aliphatic carboxylic acids is 1. The minimum absolute atomic E-state index is 0.420. The molecule has 4 nitrogen and oxygen atoms in total. The van der Waals surface area contributed by atoms with Crippen LogP contribution in [0.3, 0.4) is 0 Å². The Kier molecular flexibility index (Phi) is 5.08. The molecule has 2 atom stereocenters. The molecule has 2 rings (SSSR count). The smallest absolute Gasteiger partial charge is 0.323 e. The number of carboxylic acids is 1. The van der Waals surface area contributed by atoms with Gasteiger partial charge in [-0.1, -0.05) is 13.8 Å². The summed E-state index contributed by atoms with van der Waals surface area (Å²) in [4.78, 5) is 14.1. The molecular formula is C16H30N2O2. The average Bonchev–Trinajstić information content (AvgIpc) is 2.85. The van der Waals surface area contributed by atoms with E-state index >= 15 is 0 Å². The van der Waals surface area contributed by atoms with Gasteiger partial charge in [0.1, 0.15) is 5.54 Å². The van der Waals surface area contributed by atoms with Crippen molar-refractivity contribution in [2.75, 3.05) is 13.6 Å². The van der Waals surface area contributed by atoms with Crippen LogP contribution in [0.4, 0.5) is 0 Å². The van der Waals surface area contributed by atoms with Gasteiger partial charge in [0.15, 0.2) is 0 Å². The molecule has 2 fully saturated rings. The van der Waals surface area contributed by atoms with Crippen LogP contribution >= 0.6 is 0 Å². The van der Waals surface area contributed by atoms with Gasteiger partial charge in [0.25, 0.3) is 0 Å². The standard InChI is InChI=1S/C16H30N2O2/c1-4-17-16(15(19)20)10-9-14(11-16)18(3)13-7-5-12(2)6-8-13/h12-14,17H,4-11H2,1-3H3,(H,19,20). The summed E-state index contributed by atoms with van der Waals surface area (Å²) in [6.07, 6.45) is 7.69. The Balaban J connectivity index is 1.95. The maximum Gasteiger partial charge on any atom is 0.323 e. The first kappa shape index (κ1) is 15.8. The molecule has 20 heavy (non-hydrogen) atoms. The number of hydrogen-bond donors (Lipinski definition) is 2. The predicted molar refractivity (Wildman–Crippen MR) is 80.9 cm³/mol. The van der Waals surface area contributed by atoms with Crippen molar-refractivity contribution in [1.29, 1.82) is 0 Å². The highest BCUT2D eigenvalue weighted by Crippen LogP contribution is 2.36. The van der Waals surface area contributed by atoms with Crippen molar-refractivity contribution >= 4 is 5.97 Å². The van der Waals surface area contributed by atoms with Crippen LogP contribution in [-0.4, -0.2) is 47.2 Å². The molecule has 0 aliphatic heterocycles. The zero-order valence-electron chi connectivity index (χ0n) is 13.2. The van der Waals surface area contributed by atoms with E-state index in [4.69, 9.17) is 0 Å². The number of carboxylic acid groups (broad SMARTS) is 1. The summed E-state index contributed by atoms with van der Waals surface area (Å²) in [5, 5.41) is 12.8. The third-order valence-electron chi connectivity index (χ3n) is 5.55. The van der Waals surface area contributed by atoms with Crippen LogP contribution in [0.1, 0.15) is 58.8 Å². The summed E-state index contributed by atoms with van der Waals surface area (Å²) in [6, 6.07) is 1.07. The van der Waals surface area contributed by atoms with E-state index in [1.165, 1.54) is 25.7 Å². The van der Waals surface area contributed by atoms with E-state index in [-0.39, 0.29) is 0 Å². The highest BCUT2D eigenvalue weighted by Gasteiger charge is 2.46. The summed E-state index contributed by atoms with van der Waals surface area (Å²) >= 11 is 0. The molecule has 2 aliphatic carbocycles. The van der Waals surface area contributed by atoms with E-state index in [1.54, 1.807) is 0 Å². The molecule has 2 unspecified atom stereocenters. The van der Waals surface area contributed by atoms with Gasteiger partial charge < -0.3 is 15.3 Å². The minimum Gasteiger partial charge on any atom is -0.480 e. The maximum absolute atomic E-state index is 11.6. The van der Waals surface area contributed by atoms with Gasteiger partial charge in [-0.3, -0.25) is 4.79 Å². The molecule has 2 N–H and O–H groups in total. The van der Waals surface area contributed by atoms with Crippen molar-refractivity contribution in [2.45, 2.75) is 76.4 Å². The van der Waals surface area contributed by atoms with E-state index in [9.17, 15) is 9.90 Å². The monoisotopic (exact) mass is 282 g/mol. The van der Waals surface area contributed by atoms with Crippen LogP contribution < -0.4 is 5.32 Å². The molecule has 0 radical (unpaired) electrons. The number of carbonyl (C=O) groups is 1. The summed E-state index contributed by atoms with van der Waals surface area (Å²) in [5.74, 6) is 0.190. The minimum atomic E-state index is -0.685. The number of nitrogens with zero attached hydrogens (tertiary/aromatic N) is 1. The maximum atomic E-state index is 11.6. The molecule has 0 aromatic heterocycles. The van der Waals surface area contributed by atoms with Crippen LogP contribution in [0.5, 0.6) is 0 Å². The second-order valence-electron chi connectivity index (χ2n) is 6.89. The Labute approximate surface area is 122 Å². The Morgan fingerprint density at radius 3 is 2.45 bits per heavy atom. The molecule has 0 heterocycles. The lowest BCUT2D eigenvalue weighted by Crippen LogP contribution is -2.51. The molecule has 0 spiro atoms. The second-order valence-corrected chi connectivity index (χ2v) is 6.89. The lowest BCUT2D eigenvalue weighted by Gasteiger charge is -2.38. The largest absolute Gasteiger partial charge is 0.480 e. The molecule has 0 saturated heterocycles. The molecule has 0 aromatic rings.